The standard InChI is InChI=1S/C12H13F3N2O2.ClH/c13-12(14,15)19-10-3-1-9(2-4-10)11(18)17-7-5-16-6-8-17;/h1-4,16H,5-8H2;1H. The number of halogens is 4. The van der Waals surface area contributed by atoms with Crippen LogP contribution >= 0.6 is 12.4 Å². The van der Waals surface area contributed by atoms with E-state index in [-0.39, 0.29) is 24.1 Å². The van der Waals surface area contributed by atoms with Crippen molar-refractivity contribution in [2.75, 3.05) is 26.2 Å². The van der Waals surface area contributed by atoms with E-state index in [4.69, 9.17) is 0 Å². The first-order chi connectivity index (χ1) is 8.96. The maximum absolute atomic E-state index is 12.0. The highest BCUT2D eigenvalue weighted by Crippen LogP contribution is 2.23. The fourth-order valence-electron chi connectivity index (χ4n) is 1.85. The van der Waals surface area contributed by atoms with Gasteiger partial charge in [-0.05, 0) is 24.3 Å². The second kappa shape index (κ2) is 6.81. The van der Waals surface area contributed by atoms with Crippen LogP contribution in [0.4, 0.5) is 13.2 Å². The average Bonchev–Trinajstić information content (AvgIpc) is 2.38. The molecule has 1 aromatic rings. The summed E-state index contributed by atoms with van der Waals surface area (Å²) in [5.74, 6) is -0.510. The molecule has 1 heterocycles. The monoisotopic (exact) mass is 310 g/mol. The lowest BCUT2D eigenvalue weighted by molar-refractivity contribution is -0.274. The number of carbonyl (C=O) groups excluding carboxylic acids is 1. The van der Waals surface area contributed by atoms with Gasteiger partial charge in [0.1, 0.15) is 5.75 Å². The van der Waals surface area contributed by atoms with Gasteiger partial charge in [0.05, 0.1) is 0 Å². The Kier molecular flexibility index (Phi) is 5.64. The Bertz CT molecular complexity index is 445. The second-order valence-electron chi connectivity index (χ2n) is 4.11. The summed E-state index contributed by atoms with van der Waals surface area (Å²) in [4.78, 5) is 13.7. The second-order valence-corrected chi connectivity index (χ2v) is 4.11. The molecule has 0 radical (unpaired) electrons. The van der Waals surface area contributed by atoms with Crippen LogP contribution in [0.2, 0.25) is 0 Å². The van der Waals surface area contributed by atoms with Crippen LogP contribution in [0.15, 0.2) is 24.3 Å². The van der Waals surface area contributed by atoms with Gasteiger partial charge in [-0.1, -0.05) is 0 Å². The molecule has 1 aliphatic rings. The minimum Gasteiger partial charge on any atom is -0.406 e. The molecule has 0 bridgehead atoms. The van der Waals surface area contributed by atoms with Gasteiger partial charge in [0.15, 0.2) is 0 Å². The SMILES string of the molecule is Cl.O=C(c1ccc(OC(F)(F)F)cc1)N1CCNCC1. The zero-order valence-electron chi connectivity index (χ0n) is 10.4. The minimum absolute atomic E-state index is 0. The van der Waals surface area contributed by atoms with Gasteiger partial charge in [-0.15, -0.1) is 25.6 Å². The zero-order chi connectivity index (χ0) is 13.9. The highest BCUT2D eigenvalue weighted by Gasteiger charge is 2.31. The molecule has 112 valence electrons. The molecule has 1 saturated heterocycles. The van der Waals surface area contributed by atoms with Crippen molar-refractivity contribution in [3.63, 3.8) is 0 Å². The first-order valence-corrected chi connectivity index (χ1v) is 5.81. The van der Waals surface area contributed by atoms with Crippen molar-refractivity contribution in [3.8, 4) is 5.75 Å². The summed E-state index contributed by atoms with van der Waals surface area (Å²) in [5, 5.41) is 3.12. The van der Waals surface area contributed by atoms with E-state index < -0.39 is 6.36 Å². The number of carbonyl (C=O) groups is 1. The predicted octanol–water partition coefficient (Wildman–Crippen LogP) is 2.05. The van der Waals surface area contributed by atoms with Crippen LogP contribution in [0.5, 0.6) is 5.75 Å². The molecule has 0 aromatic heterocycles. The van der Waals surface area contributed by atoms with Crippen molar-refractivity contribution >= 4 is 18.3 Å². The van der Waals surface area contributed by atoms with Gasteiger partial charge in [-0.2, -0.15) is 0 Å². The molecule has 8 heteroatoms. The molecule has 0 saturated carbocycles. The smallest absolute Gasteiger partial charge is 0.406 e. The normalized spacial score (nSPS) is 15.4. The number of rotatable bonds is 2. The van der Waals surface area contributed by atoms with Crippen LogP contribution < -0.4 is 10.1 Å². The molecule has 0 atom stereocenters. The van der Waals surface area contributed by atoms with Crippen LogP contribution in [0.1, 0.15) is 10.4 Å². The fraction of sp³-hybridized carbons (Fsp3) is 0.417. The van der Waals surface area contributed by atoms with E-state index in [9.17, 15) is 18.0 Å². The lowest BCUT2D eigenvalue weighted by Crippen LogP contribution is -2.46. The number of benzene rings is 1. The van der Waals surface area contributed by atoms with Crippen molar-refractivity contribution in [1.29, 1.82) is 0 Å². The van der Waals surface area contributed by atoms with Crippen LogP contribution in [0, 0.1) is 0 Å². The molecular formula is C12H14ClF3N2O2. The summed E-state index contributed by atoms with van der Waals surface area (Å²) < 4.78 is 39.7. The Hall–Kier alpha value is -1.47. The third-order valence-electron chi connectivity index (χ3n) is 2.74. The topological polar surface area (TPSA) is 41.6 Å². The molecule has 2 rings (SSSR count). The molecule has 0 unspecified atom stereocenters. The number of nitrogens with one attached hydrogen (secondary N) is 1. The summed E-state index contributed by atoms with van der Waals surface area (Å²) >= 11 is 0. The number of alkyl halides is 3. The Morgan fingerprint density at radius 2 is 1.70 bits per heavy atom. The molecule has 0 aliphatic carbocycles. The van der Waals surface area contributed by atoms with E-state index >= 15 is 0 Å². The largest absolute Gasteiger partial charge is 0.573 e. The summed E-state index contributed by atoms with van der Waals surface area (Å²) in [6.07, 6.45) is -4.72. The molecule has 1 N–H and O–H groups in total. The number of ether oxygens (including phenoxy) is 1. The van der Waals surface area contributed by atoms with Crippen LogP contribution in [-0.4, -0.2) is 43.3 Å². The number of nitrogens with zero attached hydrogens (tertiary/aromatic N) is 1. The van der Waals surface area contributed by atoms with Gasteiger partial charge in [-0.3, -0.25) is 4.79 Å². The maximum Gasteiger partial charge on any atom is 0.573 e. The van der Waals surface area contributed by atoms with Crippen molar-refractivity contribution < 1.29 is 22.7 Å². The lowest BCUT2D eigenvalue weighted by Gasteiger charge is -2.27. The Labute approximate surface area is 120 Å². The van der Waals surface area contributed by atoms with Crippen molar-refractivity contribution in [1.82, 2.24) is 10.2 Å². The van der Waals surface area contributed by atoms with E-state index in [2.05, 4.69) is 10.1 Å². The van der Waals surface area contributed by atoms with Gasteiger partial charge < -0.3 is 15.0 Å². The van der Waals surface area contributed by atoms with Crippen LogP contribution in [-0.2, 0) is 0 Å². The Balaban J connectivity index is 0.00000200. The Morgan fingerprint density at radius 1 is 1.15 bits per heavy atom. The van der Waals surface area contributed by atoms with Gasteiger partial charge >= 0.3 is 6.36 Å². The maximum atomic E-state index is 12.0. The van der Waals surface area contributed by atoms with Crippen molar-refractivity contribution in [2.24, 2.45) is 0 Å². The van der Waals surface area contributed by atoms with Crippen LogP contribution in [0.25, 0.3) is 0 Å². The molecule has 20 heavy (non-hydrogen) atoms. The van der Waals surface area contributed by atoms with Gasteiger partial charge in [-0.25, -0.2) is 0 Å². The number of piperazine rings is 1. The third kappa shape index (κ3) is 4.57. The molecule has 0 spiro atoms. The van der Waals surface area contributed by atoms with Crippen molar-refractivity contribution in [3.05, 3.63) is 29.8 Å². The molecule has 1 aromatic carbocycles. The molecule has 1 aliphatic heterocycles. The van der Waals surface area contributed by atoms with Gasteiger partial charge in [0, 0.05) is 31.7 Å². The van der Waals surface area contributed by atoms with E-state index in [0.29, 0.717) is 18.7 Å². The first kappa shape index (κ1) is 16.6. The van der Waals surface area contributed by atoms with Gasteiger partial charge in [0.25, 0.3) is 5.91 Å². The molecule has 4 nitrogen and oxygen atoms in total. The van der Waals surface area contributed by atoms with Crippen LogP contribution in [0.3, 0.4) is 0 Å². The van der Waals surface area contributed by atoms with E-state index in [1.165, 1.54) is 12.1 Å². The Morgan fingerprint density at radius 3 is 2.20 bits per heavy atom. The zero-order valence-corrected chi connectivity index (χ0v) is 11.3. The highest BCUT2D eigenvalue weighted by atomic mass is 35.5. The summed E-state index contributed by atoms with van der Waals surface area (Å²) in [6.45, 7) is 2.64. The summed E-state index contributed by atoms with van der Waals surface area (Å²) in [5.41, 5.74) is 0.358. The molecular weight excluding hydrogens is 297 g/mol. The number of hydrogen-bond acceptors (Lipinski definition) is 3. The van der Waals surface area contributed by atoms with Gasteiger partial charge in [0.2, 0.25) is 0 Å². The molecule has 1 amide bonds. The quantitative estimate of drug-likeness (QED) is 0.909. The van der Waals surface area contributed by atoms with E-state index in [1.54, 1.807) is 4.90 Å². The summed E-state index contributed by atoms with van der Waals surface area (Å²) in [7, 11) is 0. The highest BCUT2D eigenvalue weighted by molar-refractivity contribution is 5.94. The van der Waals surface area contributed by atoms with E-state index in [1.807, 2.05) is 0 Å². The van der Waals surface area contributed by atoms with Crippen molar-refractivity contribution in [2.45, 2.75) is 6.36 Å². The number of amides is 1. The van der Waals surface area contributed by atoms with E-state index in [0.717, 1.165) is 25.2 Å². The fourth-order valence-corrected chi connectivity index (χ4v) is 1.85. The average molecular weight is 311 g/mol. The predicted molar refractivity (Wildman–Crippen MR) is 69.1 cm³/mol. The third-order valence-corrected chi connectivity index (χ3v) is 2.74. The summed E-state index contributed by atoms with van der Waals surface area (Å²) in [6, 6.07) is 4.96. The number of hydrogen-bond donors (Lipinski definition) is 1. The first-order valence-electron chi connectivity index (χ1n) is 5.81. The molecule has 1 fully saturated rings. The lowest BCUT2D eigenvalue weighted by atomic mass is 10.2. The minimum atomic E-state index is -4.72.